The minimum atomic E-state index is -0.224. The molecule has 1 aliphatic rings. The molecule has 1 aromatic carbocycles. The normalized spacial score (nSPS) is 15.9. The predicted octanol–water partition coefficient (Wildman–Crippen LogP) is 3.69. The molecule has 1 saturated heterocycles. The number of nitrogens with one attached hydrogen (secondary N) is 2. The summed E-state index contributed by atoms with van der Waals surface area (Å²) >= 11 is 5.98. The number of fused-ring (bicyclic) bond motifs is 1. The Balaban J connectivity index is 1.56. The van der Waals surface area contributed by atoms with Gasteiger partial charge in [0.25, 0.3) is 5.56 Å². The Morgan fingerprint density at radius 3 is 2.85 bits per heavy atom. The number of allylic oxidation sites excluding steroid dienone is 1. The number of halogens is 1. The van der Waals surface area contributed by atoms with E-state index < -0.39 is 0 Å². The highest BCUT2D eigenvalue weighted by molar-refractivity contribution is 6.30. The first-order chi connectivity index (χ1) is 16.6. The van der Waals surface area contributed by atoms with Gasteiger partial charge < -0.3 is 15.4 Å². The van der Waals surface area contributed by atoms with E-state index in [9.17, 15) is 4.79 Å². The molecule has 0 radical (unpaired) electrons. The standard InChI is InChI=1S/C24H24ClN7O2/c1-2-13-31-23(33)19-15-27-24(28-17-10-8-16(25)9-11-17)30-22(19)32(31)20-6-3-7-21(29-20)34-18-5-4-12-26-14-18/h2-3,6-11,15,18,26H,1,4-5,12-14H2,(H,27,28,30)/t18-/m0/s1. The lowest BCUT2D eigenvalue weighted by atomic mass is 10.1. The van der Waals surface area contributed by atoms with E-state index in [4.69, 9.17) is 21.3 Å². The predicted molar refractivity (Wildman–Crippen MR) is 132 cm³/mol. The average Bonchev–Trinajstić information content (AvgIpc) is 3.12. The first-order valence-electron chi connectivity index (χ1n) is 11.1. The third kappa shape index (κ3) is 4.52. The minimum absolute atomic E-state index is 0.0609. The van der Waals surface area contributed by atoms with Crippen molar-refractivity contribution < 1.29 is 4.74 Å². The van der Waals surface area contributed by atoms with E-state index in [-0.39, 0.29) is 18.2 Å². The maximum absolute atomic E-state index is 13.1. The van der Waals surface area contributed by atoms with Crippen LogP contribution in [0.2, 0.25) is 5.02 Å². The van der Waals surface area contributed by atoms with Crippen molar-refractivity contribution in [3.63, 3.8) is 0 Å². The molecule has 1 aliphatic heterocycles. The fraction of sp³-hybridized carbons (Fsp3) is 0.250. The zero-order chi connectivity index (χ0) is 23.5. The molecule has 1 atom stereocenters. The number of piperidine rings is 1. The Labute approximate surface area is 201 Å². The van der Waals surface area contributed by atoms with Gasteiger partial charge in [-0.1, -0.05) is 23.7 Å². The van der Waals surface area contributed by atoms with Gasteiger partial charge in [0, 0.05) is 29.5 Å². The molecular formula is C24H24ClN7O2. The van der Waals surface area contributed by atoms with Crippen LogP contribution in [-0.4, -0.2) is 43.5 Å². The summed E-state index contributed by atoms with van der Waals surface area (Å²) < 4.78 is 9.31. The van der Waals surface area contributed by atoms with Gasteiger partial charge in [-0.15, -0.1) is 6.58 Å². The monoisotopic (exact) mass is 477 g/mol. The van der Waals surface area contributed by atoms with Crippen molar-refractivity contribution in [2.75, 3.05) is 18.4 Å². The number of anilines is 2. The second-order valence-electron chi connectivity index (χ2n) is 7.97. The summed E-state index contributed by atoms with van der Waals surface area (Å²) in [5, 5.41) is 7.50. The van der Waals surface area contributed by atoms with Gasteiger partial charge in [-0.3, -0.25) is 4.79 Å². The topological polar surface area (TPSA) is 98.9 Å². The molecule has 0 unspecified atom stereocenters. The van der Waals surface area contributed by atoms with E-state index in [1.807, 2.05) is 30.3 Å². The van der Waals surface area contributed by atoms with Crippen LogP contribution in [0.1, 0.15) is 12.8 Å². The molecule has 4 aromatic rings. The third-order valence-corrected chi connectivity index (χ3v) is 5.79. The number of ether oxygens (including phenoxy) is 1. The van der Waals surface area contributed by atoms with Crippen LogP contribution in [-0.2, 0) is 6.54 Å². The van der Waals surface area contributed by atoms with E-state index in [0.717, 1.165) is 31.6 Å². The van der Waals surface area contributed by atoms with Crippen LogP contribution in [0.5, 0.6) is 5.88 Å². The van der Waals surface area contributed by atoms with Crippen LogP contribution in [0.25, 0.3) is 16.9 Å². The van der Waals surface area contributed by atoms with Crippen molar-refractivity contribution in [3.8, 4) is 11.7 Å². The molecule has 1 fully saturated rings. The molecule has 3 aromatic heterocycles. The summed E-state index contributed by atoms with van der Waals surface area (Å²) in [6.07, 6.45) is 5.27. The van der Waals surface area contributed by atoms with Crippen molar-refractivity contribution >= 4 is 34.3 Å². The average molecular weight is 478 g/mol. The maximum Gasteiger partial charge on any atom is 0.278 e. The molecule has 0 aliphatic carbocycles. The number of rotatable bonds is 7. The SMILES string of the molecule is C=CCn1c(=O)c2cnc(Nc3ccc(Cl)cc3)nc2n1-c1cccc(O[C@H]2CCCNC2)n1. The summed E-state index contributed by atoms with van der Waals surface area (Å²) in [4.78, 5) is 26.8. The van der Waals surface area contributed by atoms with Crippen molar-refractivity contribution in [1.29, 1.82) is 0 Å². The van der Waals surface area contributed by atoms with E-state index in [0.29, 0.717) is 33.7 Å². The van der Waals surface area contributed by atoms with Crippen LogP contribution in [0, 0.1) is 0 Å². The highest BCUT2D eigenvalue weighted by Crippen LogP contribution is 2.21. The van der Waals surface area contributed by atoms with E-state index in [1.165, 1.54) is 10.9 Å². The first kappa shape index (κ1) is 22.1. The van der Waals surface area contributed by atoms with Gasteiger partial charge >= 0.3 is 0 Å². The quantitative estimate of drug-likeness (QED) is 0.391. The second kappa shape index (κ2) is 9.66. The number of benzene rings is 1. The first-order valence-corrected chi connectivity index (χ1v) is 11.5. The molecule has 10 heteroatoms. The second-order valence-corrected chi connectivity index (χ2v) is 8.41. The van der Waals surface area contributed by atoms with Crippen molar-refractivity contribution in [2.45, 2.75) is 25.5 Å². The minimum Gasteiger partial charge on any atom is -0.473 e. The summed E-state index contributed by atoms with van der Waals surface area (Å²) in [6.45, 7) is 5.87. The van der Waals surface area contributed by atoms with Crippen LogP contribution in [0.4, 0.5) is 11.6 Å². The van der Waals surface area contributed by atoms with E-state index in [2.05, 4.69) is 27.2 Å². The fourth-order valence-electron chi connectivity index (χ4n) is 3.95. The lowest BCUT2D eigenvalue weighted by Gasteiger charge is -2.23. The maximum atomic E-state index is 13.1. The summed E-state index contributed by atoms with van der Waals surface area (Å²) in [6, 6.07) is 12.7. The molecule has 2 N–H and O–H groups in total. The number of hydrogen-bond donors (Lipinski definition) is 2. The Kier molecular flexibility index (Phi) is 6.29. The Bertz CT molecular complexity index is 1370. The van der Waals surface area contributed by atoms with Gasteiger partial charge in [0.15, 0.2) is 11.5 Å². The van der Waals surface area contributed by atoms with E-state index >= 15 is 0 Å². The van der Waals surface area contributed by atoms with Gasteiger partial charge in [-0.05, 0) is 49.7 Å². The van der Waals surface area contributed by atoms with Crippen molar-refractivity contribution in [2.24, 2.45) is 0 Å². The van der Waals surface area contributed by atoms with Crippen LogP contribution < -0.4 is 20.9 Å². The Hall–Kier alpha value is -3.69. The third-order valence-electron chi connectivity index (χ3n) is 5.54. The zero-order valence-corrected chi connectivity index (χ0v) is 19.2. The molecule has 4 heterocycles. The molecule has 5 rings (SSSR count). The number of hydrogen-bond acceptors (Lipinski definition) is 7. The van der Waals surface area contributed by atoms with Gasteiger partial charge in [0.05, 0.1) is 6.54 Å². The van der Waals surface area contributed by atoms with Gasteiger partial charge in [0.1, 0.15) is 11.5 Å². The van der Waals surface area contributed by atoms with Gasteiger partial charge in [-0.2, -0.15) is 9.97 Å². The molecule has 0 bridgehead atoms. The summed E-state index contributed by atoms with van der Waals surface area (Å²) in [5.41, 5.74) is 0.984. The summed E-state index contributed by atoms with van der Waals surface area (Å²) in [7, 11) is 0. The summed E-state index contributed by atoms with van der Waals surface area (Å²) in [5.74, 6) is 1.37. The van der Waals surface area contributed by atoms with Crippen LogP contribution in [0.15, 0.2) is 66.1 Å². The molecule has 0 amide bonds. The van der Waals surface area contributed by atoms with Crippen molar-refractivity contribution in [3.05, 3.63) is 76.7 Å². The lowest BCUT2D eigenvalue weighted by Crippen LogP contribution is -2.37. The molecule has 0 spiro atoms. The molecule has 34 heavy (non-hydrogen) atoms. The lowest BCUT2D eigenvalue weighted by molar-refractivity contribution is 0.160. The Morgan fingerprint density at radius 1 is 1.24 bits per heavy atom. The molecular weight excluding hydrogens is 454 g/mol. The molecule has 174 valence electrons. The number of pyridine rings is 1. The number of nitrogens with zero attached hydrogens (tertiary/aromatic N) is 5. The fourth-order valence-corrected chi connectivity index (χ4v) is 4.08. The highest BCUT2D eigenvalue weighted by atomic mass is 35.5. The number of aromatic nitrogens is 5. The van der Waals surface area contributed by atoms with E-state index in [1.54, 1.807) is 22.9 Å². The van der Waals surface area contributed by atoms with Gasteiger partial charge in [-0.25, -0.2) is 14.3 Å². The van der Waals surface area contributed by atoms with Crippen LogP contribution in [0.3, 0.4) is 0 Å². The van der Waals surface area contributed by atoms with Crippen molar-refractivity contribution in [1.82, 2.24) is 29.6 Å². The Morgan fingerprint density at radius 2 is 2.09 bits per heavy atom. The zero-order valence-electron chi connectivity index (χ0n) is 18.4. The van der Waals surface area contributed by atoms with Gasteiger partial charge in [0.2, 0.25) is 11.8 Å². The van der Waals surface area contributed by atoms with Crippen LogP contribution >= 0.6 is 11.6 Å². The smallest absolute Gasteiger partial charge is 0.278 e. The largest absolute Gasteiger partial charge is 0.473 e. The highest BCUT2D eigenvalue weighted by Gasteiger charge is 2.19. The molecule has 9 nitrogen and oxygen atoms in total. The molecule has 0 saturated carbocycles.